The van der Waals surface area contributed by atoms with E-state index < -0.39 is 5.97 Å². The van der Waals surface area contributed by atoms with Gasteiger partial charge in [0, 0.05) is 0 Å². The Morgan fingerprint density at radius 2 is 2.27 bits per heavy atom. The number of hydrogen-bond donors (Lipinski definition) is 2. The fourth-order valence-electron chi connectivity index (χ4n) is 2.83. The van der Waals surface area contributed by atoms with Gasteiger partial charge in [0.25, 0.3) is 5.56 Å². The summed E-state index contributed by atoms with van der Waals surface area (Å²) in [5, 5.41) is 0.456. The Morgan fingerprint density at radius 3 is 2.92 bits per heavy atom. The number of aryl methyl sites for hydroxylation is 1. The lowest BCUT2D eigenvalue weighted by Crippen LogP contribution is -3.07. The molecule has 1 unspecified atom stereocenters. The molecule has 8 heteroatoms. The van der Waals surface area contributed by atoms with E-state index in [1.165, 1.54) is 11.3 Å². The third-order valence-electron chi connectivity index (χ3n) is 4.46. The van der Waals surface area contributed by atoms with E-state index in [-0.39, 0.29) is 11.6 Å². The van der Waals surface area contributed by atoms with E-state index in [1.807, 2.05) is 26.1 Å². The second-order valence-corrected chi connectivity index (χ2v) is 7.23. The normalized spacial score (nSPS) is 13.7. The monoisotopic (exact) mass is 376 g/mol. The number of carbonyl (C=O) groups is 1. The van der Waals surface area contributed by atoms with Gasteiger partial charge in [0.1, 0.15) is 22.3 Å². The number of ether oxygens (including phenoxy) is 1. The Bertz CT molecular complexity index is 974. The number of fused-ring (bicyclic) bond motifs is 1. The Labute approximate surface area is 154 Å². The van der Waals surface area contributed by atoms with Crippen molar-refractivity contribution in [3.63, 3.8) is 0 Å². The van der Waals surface area contributed by atoms with Gasteiger partial charge in [-0.2, -0.15) is 0 Å². The largest absolute Gasteiger partial charge is 0.463 e. The van der Waals surface area contributed by atoms with Crippen LogP contribution in [-0.2, 0) is 11.3 Å². The van der Waals surface area contributed by atoms with Crippen molar-refractivity contribution in [2.45, 2.75) is 33.4 Å². The summed E-state index contributed by atoms with van der Waals surface area (Å²) in [7, 11) is 2.01. The number of esters is 1. The van der Waals surface area contributed by atoms with Crippen LogP contribution in [0.25, 0.3) is 10.2 Å². The van der Waals surface area contributed by atoms with E-state index in [9.17, 15) is 9.59 Å². The molecule has 3 rings (SSSR count). The molecule has 138 valence electrons. The summed E-state index contributed by atoms with van der Waals surface area (Å²) < 4.78 is 10.5. The standard InChI is InChI=1S/C18H21N3O4S/c1-5-24-18(23)14-10(2)13-16(22)19-15(20-17(13)26-14)11(3)21(4)9-12-7-6-8-25-12/h6-8,11H,5,9H2,1-4H3,(H,19,20,22)/p+1/t11-/m0/s1. The molecule has 0 aromatic carbocycles. The van der Waals surface area contributed by atoms with E-state index in [1.54, 1.807) is 20.1 Å². The highest BCUT2D eigenvalue weighted by Gasteiger charge is 2.24. The quantitative estimate of drug-likeness (QED) is 0.641. The molecule has 2 atom stereocenters. The highest BCUT2D eigenvalue weighted by atomic mass is 32.1. The summed E-state index contributed by atoms with van der Waals surface area (Å²) in [6, 6.07) is 3.72. The zero-order chi connectivity index (χ0) is 18.8. The van der Waals surface area contributed by atoms with Gasteiger partial charge in [-0.25, -0.2) is 9.78 Å². The van der Waals surface area contributed by atoms with Crippen LogP contribution in [0.1, 0.15) is 46.7 Å². The summed E-state index contributed by atoms with van der Waals surface area (Å²) >= 11 is 1.20. The Morgan fingerprint density at radius 1 is 1.50 bits per heavy atom. The molecule has 0 bridgehead atoms. The van der Waals surface area contributed by atoms with Crippen molar-refractivity contribution >= 4 is 27.5 Å². The lowest BCUT2D eigenvalue weighted by atomic mass is 10.2. The lowest BCUT2D eigenvalue weighted by Gasteiger charge is -2.19. The van der Waals surface area contributed by atoms with Crippen molar-refractivity contribution in [3.05, 3.63) is 50.8 Å². The number of H-pyrrole nitrogens is 1. The molecule has 0 amide bonds. The van der Waals surface area contributed by atoms with Crippen molar-refractivity contribution in [3.8, 4) is 0 Å². The van der Waals surface area contributed by atoms with Crippen LogP contribution in [0.4, 0.5) is 0 Å². The maximum absolute atomic E-state index is 12.6. The highest BCUT2D eigenvalue weighted by Crippen LogP contribution is 2.28. The zero-order valence-corrected chi connectivity index (χ0v) is 16.0. The summed E-state index contributed by atoms with van der Waals surface area (Å²) in [5.74, 6) is 1.04. The Kier molecular flexibility index (Phi) is 5.24. The van der Waals surface area contributed by atoms with Crippen LogP contribution in [0.15, 0.2) is 27.6 Å². The number of carbonyl (C=O) groups excluding carboxylic acids is 1. The maximum Gasteiger partial charge on any atom is 0.348 e. The van der Waals surface area contributed by atoms with Gasteiger partial charge < -0.3 is 19.0 Å². The first-order valence-electron chi connectivity index (χ1n) is 8.47. The second-order valence-electron chi connectivity index (χ2n) is 6.23. The lowest BCUT2D eigenvalue weighted by molar-refractivity contribution is -0.925. The van der Waals surface area contributed by atoms with Crippen LogP contribution in [0.5, 0.6) is 0 Å². The molecule has 3 aromatic heterocycles. The minimum Gasteiger partial charge on any atom is -0.463 e. The minimum atomic E-state index is -0.414. The molecule has 0 radical (unpaired) electrons. The summed E-state index contributed by atoms with van der Waals surface area (Å²) in [6.45, 7) is 6.46. The molecule has 0 spiro atoms. The van der Waals surface area contributed by atoms with Crippen LogP contribution >= 0.6 is 11.3 Å². The third-order valence-corrected chi connectivity index (χ3v) is 5.63. The van der Waals surface area contributed by atoms with Gasteiger partial charge in [-0.05, 0) is 38.5 Å². The molecule has 0 aliphatic rings. The van der Waals surface area contributed by atoms with Crippen molar-refractivity contribution in [2.24, 2.45) is 0 Å². The van der Waals surface area contributed by atoms with Crippen LogP contribution < -0.4 is 10.5 Å². The molecular weight excluding hydrogens is 354 g/mol. The molecule has 0 fully saturated rings. The molecule has 26 heavy (non-hydrogen) atoms. The number of nitrogens with one attached hydrogen (secondary N) is 2. The first-order valence-corrected chi connectivity index (χ1v) is 9.29. The highest BCUT2D eigenvalue weighted by molar-refractivity contribution is 7.20. The van der Waals surface area contributed by atoms with Gasteiger partial charge in [0.2, 0.25) is 0 Å². The van der Waals surface area contributed by atoms with E-state index in [0.29, 0.717) is 39.6 Å². The van der Waals surface area contributed by atoms with E-state index in [2.05, 4.69) is 9.97 Å². The zero-order valence-electron chi connectivity index (χ0n) is 15.2. The summed E-state index contributed by atoms with van der Waals surface area (Å²) in [4.78, 5) is 34.3. The van der Waals surface area contributed by atoms with Gasteiger partial charge in [0.05, 0.1) is 25.3 Å². The average Bonchev–Trinajstić information content (AvgIpc) is 3.22. The summed E-state index contributed by atoms with van der Waals surface area (Å²) in [5.41, 5.74) is 0.389. The summed E-state index contributed by atoms with van der Waals surface area (Å²) in [6.07, 6.45) is 1.64. The minimum absolute atomic E-state index is 0.0503. The third kappa shape index (κ3) is 3.42. The number of furan rings is 1. The van der Waals surface area contributed by atoms with Crippen LogP contribution in [0, 0.1) is 6.92 Å². The number of nitrogens with zero attached hydrogens (tertiary/aromatic N) is 1. The number of hydrogen-bond acceptors (Lipinski definition) is 6. The Balaban J connectivity index is 1.95. The molecule has 0 aliphatic carbocycles. The number of thiophene rings is 1. The second kappa shape index (κ2) is 7.43. The predicted octanol–water partition coefficient (Wildman–Crippen LogP) is 1.84. The van der Waals surface area contributed by atoms with Gasteiger partial charge in [-0.3, -0.25) is 4.79 Å². The number of quaternary nitrogens is 1. The average molecular weight is 376 g/mol. The topological polar surface area (TPSA) is 89.6 Å². The number of rotatable bonds is 6. The fraction of sp³-hybridized carbons (Fsp3) is 0.389. The molecule has 0 aliphatic heterocycles. The van der Waals surface area contributed by atoms with Crippen molar-refractivity contribution in [1.82, 2.24) is 9.97 Å². The van der Waals surface area contributed by atoms with Crippen molar-refractivity contribution < 1.29 is 18.8 Å². The van der Waals surface area contributed by atoms with Crippen molar-refractivity contribution in [1.29, 1.82) is 0 Å². The molecule has 7 nitrogen and oxygen atoms in total. The van der Waals surface area contributed by atoms with Gasteiger partial charge >= 0.3 is 5.97 Å². The van der Waals surface area contributed by atoms with Crippen LogP contribution in [0.3, 0.4) is 0 Å². The molecule has 3 heterocycles. The molecular formula is C18H22N3O4S+. The van der Waals surface area contributed by atoms with Crippen molar-refractivity contribution in [2.75, 3.05) is 13.7 Å². The smallest absolute Gasteiger partial charge is 0.348 e. The first kappa shape index (κ1) is 18.3. The van der Waals surface area contributed by atoms with E-state index >= 15 is 0 Å². The predicted molar refractivity (Wildman–Crippen MR) is 98.6 cm³/mol. The van der Waals surface area contributed by atoms with E-state index in [4.69, 9.17) is 9.15 Å². The van der Waals surface area contributed by atoms with Crippen LogP contribution in [-0.4, -0.2) is 29.6 Å². The van der Waals surface area contributed by atoms with Gasteiger partial charge in [-0.1, -0.05) is 0 Å². The fourth-order valence-corrected chi connectivity index (χ4v) is 3.91. The maximum atomic E-state index is 12.6. The van der Waals surface area contributed by atoms with Gasteiger partial charge in [0.15, 0.2) is 11.6 Å². The van der Waals surface area contributed by atoms with Gasteiger partial charge in [-0.15, -0.1) is 11.3 Å². The van der Waals surface area contributed by atoms with Crippen LogP contribution in [0.2, 0.25) is 0 Å². The Hall–Kier alpha value is -2.45. The first-order chi connectivity index (χ1) is 12.4. The molecule has 3 aromatic rings. The molecule has 0 saturated carbocycles. The number of aromatic amines is 1. The number of aromatic nitrogens is 2. The molecule has 0 saturated heterocycles. The SMILES string of the molecule is CCOC(=O)c1sc2nc([C@H](C)[NH+](C)Cc3ccco3)[nH]c(=O)c2c1C. The molecule has 2 N–H and O–H groups in total. The van der Waals surface area contributed by atoms with E-state index in [0.717, 1.165) is 10.7 Å².